The first-order valence-corrected chi connectivity index (χ1v) is 10.3. The molecule has 5 aromatic rings. The van der Waals surface area contributed by atoms with Crippen LogP contribution >= 0.6 is 0 Å². The fourth-order valence-electron chi connectivity index (χ4n) is 4.14. The molecule has 0 spiro atoms. The minimum Gasteiger partial charge on any atom is -0.458 e. The van der Waals surface area contributed by atoms with Crippen molar-refractivity contribution >= 4 is 16.9 Å². The topological polar surface area (TPSA) is 114 Å². The molecule has 9 nitrogen and oxygen atoms in total. The number of nitrogens with one attached hydrogen (secondary N) is 1. The second-order valence-corrected chi connectivity index (χ2v) is 7.58. The number of benzene rings is 1. The molecule has 0 saturated heterocycles. The van der Waals surface area contributed by atoms with Crippen molar-refractivity contribution in [1.82, 2.24) is 30.0 Å². The van der Waals surface area contributed by atoms with E-state index in [0.717, 1.165) is 35.2 Å². The van der Waals surface area contributed by atoms with Gasteiger partial charge in [-0.3, -0.25) is 9.78 Å². The number of aryl methyl sites for hydroxylation is 1. The molecule has 1 aromatic carbocycles. The fraction of sp³-hybridized carbons (Fsp3) is 0.174. The van der Waals surface area contributed by atoms with Gasteiger partial charge in [0.2, 0.25) is 0 Å². The standard InChI is InChI=1S/C23H18N6O3/c30-23(22-28-27-21(32-22)16-7-3-4-10-24-16)29-11-5-8-15-19(26-13-25-15)20(29)18-12-14-6-1-2-9-17(14)31-18/h1-4,6-7,9-10,12-13,20H,5,8,11H2,(H,25,26)/t20-/m1/s1. The van der Waals surface area contributed by atoms with E-state index in [4.69, 9.17) is 8.83 Å². The van der Waals surface area contributed by atoms with Crippen molar-refractivity contribution in [2.45, 2.75) is 18.9 Å². The number of hydrogen-bond donors (Lipinski definition) is 1. The van der Waals surface area contributed by atoms with E-state index in [9.17, 15) is 4.79 Å². The lowest BCUT2D eigenvalue weighted by atomic mass is 10.1. The smallest absolute Gasteiger partial charge is 0.312 e. The highest BCUT2D eigenvalue weighted by atomic mass is 16.4. The maximum absolute atomic E-state index is 13.6. The van der Waals surface area contributed by atoms with E-state index in [2.05, 4.69) is 25.1 Å². The zero-order chi connectivity index (χ0) is 21.5. The van der Waals surface area contributed by atoms with Crippen LogP contribution in [0.3, 0.4) is 0 Å². The number of pyridine rings is 1. The Morgan fingerprint density at radius 2 is 1.97 bits per heavy atom. The van der Waals surface area contributed by atoms with Crippen molar-refractivity contribution in [3.63, 3.8) is 0 Å². The number of imidazole rings is 1. The Labute approximate surface area is 182 Å². The second kappa shape index (κ2) is 7.45. The number of aromatic nitrogens is 5. The molecule has 0 radical (unpaired) electrons. The Morgan fingerprint density at radius 1 is 1.06 bits per heavy atom. The number of fused-ring (bicyclic) bond motifs is 2. The summed E-state index contributed by atoms with van der Waals surface area (Å²) in [6.07, 6.45) is 4.82. The number of carbonyl (C=O) groups is 1. The van der Waals surface area contributed by atoms with Crippen molar-refractivity contribution < 1.29 is 13.6 Å². The predicted molar refractivity (Wildman–Crippen MR) is 114 cm³/mol. The lowest BCUT2D eigenvalue weighted by Gasteiger charge is -2.26. The molecule has 1 aliphatic rings. The first-order valence-electron chi connectivity index (χ1n) is 10.3. The van der Waals surface area contributed by atoms with E-state index in [-0.39, 0.29) is 17.7 Å². The highest BCUT2D eigenvalue weighted by molar-refractivity contribution is 5.90. The maximum Gasteiger partial charge on any atom is 0.312 e. The minimum absolute atomic E-state index is 0.0919. The van der Waals surface area contributed by atoms with Gasteiger partial charge in [-0.25, -0.2) is 4.98 Å². The van der Waals surface area contributed by atoms with E-state index < -0.39 is 6.04 Å². The van der Waals surface area contributed by atoms with Crippen molar-refractivity contribution in [2.75, 3.05) is 6.54 Å². The molecule has 4 aromatic heterocycles. The van der Waals surface area contributed by atoms with Crippen LogP contribution in [0.1, 0.15) is 40.3 Å². The van der Waals surface area contributed by atoms with Gasteiger partial charge < -0.3 is 18.7 Å². The molecule has 9 heteroatoms. The number of hydrogen-bond acceptors (Lipinski definition) is 7. The van der Waals surface area contributed by atoms with E-state index >= 15 is 0 Å². The van der Waals surface area contributed by atoms with Crippen LogP contribution in [-0.4, -0.2) is 42.5 Å². The zero-order valence-electron chi connectivity index (χ0n) is 16.9. The molecule has 0 saturated carbocycles. The summed E-state index contributed by atoms with van der Waals surface area (Å²) in [5.41, 5.74) is 3.02. The predicted octanol–water partition coefficient (Wildman–Crippen LogP) is 3.78. The average Bonchev–Trinajstić information content (AvgIpc) is 3.57. The summed E-state index contributed by atoms with van der Waals surface area (Å²) in [5, 5.41) is 8.99. The van der Waals surface area contributed by atoms with Crippen molar-refractivity contribution in [2.24, 2.45) is 0 Å². The third kappa shape index (κ3) is 3.06. The quantitative estimate of drug-likeness (QED) is 0.467. The monoisotopic (exact) mass is 426 g/mol. The molecule has 32 heavy (non-hydrogen) atoms. The summed E-state index contributed by atoms with van der Waals surface area (Å²) in [5.74, 6) is 0.371. The van der Waals surface area contributed by atoms with Crippen LogP contribution in [0.5, 0.6) is 0 Å². The van der Waals surface area contributed by atoms with Gasteiger partial charge in [0.25, 0.3) is 5.89 Å². The molecule has 5 heterocycles. The third-order valence-corrected chi connectivity index (χ3v) is 5.61. The summed E-state index contributed by atoms with van der Waals surface area (Å²) in [6, 6.07) is 14.6. The molecular weight excluding hydrogens is 408 g/mol. The number of furan rings is 1. The number of carbonyl (C=O) groups excluding carboxylic acids is 1. The number of rotatable bonds is 3. The molecule has 0 bridgehead atoms. The van der Waals surface area contributed by atoms with E-state index in [1.54, 1.807) is 29.6 Å². The summed E-state index contributed by atoms with van der Waals surface area (Å²) in [6.45, 7) is 0.492. The molecule has 1 amide bonds. The summed E-state index contributed by atoms with van der Waals surface area (Å²) in [7, 11) is 0. The van der Waals surface area contributed by atoms with E-state index in [0.29, 0.717) is 18.0 Å². The Balaban J connectivity index is 1.42. The van der Waals surface area contributed by atoms with Crippen LogP contribution in [0.4, 0.5) is 0 Å². The molecule has 1 aliphatic heterocycles. The van der Waals surface area contributed by atoms with Gasteiger partial charge in [0.05, 0.1) is 12.0 Å². The zero-order valence-corrected chi connectivity index (χ0v) is 16.9. The molecule has 0 unspecified atom stereocenters. The van der Waals surface area contributed by atoms with Crippen molar-refractivity contribution in [3.05, 3.63) is 84.1 Å². The lowest BCUT2D eigenvalue weighted by molar-refractivity contribution is 0.0651. The fourth-order valence-corrected chi connectivity index (χ4v) is 4.14. The SMILES string of the molecule is O=C(c1nnc(-c2ccccn2)o1)N1CCCc2[nH]cnc2[C@H]1c1cc2ccccc2o1. The first-order chi connectivity index (χ1) is 15.8. The van der Waals surface area contributed by atoms with Crippen LogP contribution in [0, 0.1) is 0 Å². The van der Waals surface area contributed by atoms with Crippen LogP contribution < -0.4 is 0 Å². The molecule has 0 fully saturated rings. The Morgan fingerprint density at radius 3 is 2.84 bits per heavy atom. The largest absolute Gasteiger partial charge is 0.458 e. The van der Waals surface area contributed by atoms with E-state index in [1.807, 2.05) is 36.4 Å². The normalized spacial score (nSPS) is 16.1. The average molecular weight is 426 g/mol. The summed E-state index contributed by atoms with van der Waals surface area (Å²) < 4.78 is 11.9. The van der Waals surface area contributed by atoms with Gasteiger partial charge in [0.15, 0.2) is 0 Å². The molecule has 158 valence electrons. The summed E-state index contributed by atoms with van der Waals surface area (Å²) in [4.78, 5) is 27.2. The van der Waals surface area contributed by atoms with Crippen LogP contribution in [0.2, 0.25) is 0 Å². The molecule has 1 atom stereocenters. The molecular formula is C23H18N6O3. The van der Waals surface area contributed by atoms with Crippen molar-refractivity contribution in [1.29, 1.82) is 0 Å². The highest BCUT2D eigenvalue weighted by Gasteiger charge is 2.37. The van der Waals surface area contributed by atoms with Gasteiger partial charge in [-0.15, -0.1) is 10.2 Å². The van der Waals surface area contributed by atoms with E-state index in [1.165, 1.54) is 0 Å². The Bertz CT molecular complexity index is 1370. The van der Waals surface area contributed by atoms with Crippen LogP contribution in [0.25, 0.3) is 22.6 Å². The van der Waals surface area contributed by atoms with Crippen molar-refractivity contribution in [3.8, 4) is 11.6 Å². The van der Waals surface area contributed by atoms with Crippen LogP contribution in [-0.2, 0) is 6.42 Å². The molecule has 6 rings (SSSR count). The minimum atomic E-state index is -0.510. The Hall–Kier alpha value is -4.27. The van der Waals surface area contributed by atoms with Gasteiger partial charge >= 0.3 is 11.8 Å². The maximum atomic E-state index is 13.6. The number of amides is 1. The third-order valence-electron chi connectivity index (χ3n) is 5.61. The number of nitrogens with zero attached hydrogens (tertiary/aromatic N) is 5. The molecule has 1 N–H and O–H groups in total. The van der Waals surface area contributed by atoms with Gasteiger partial charge in [0, 0.05) is 23.8 Å². The van der Waals surface area contributed by atoms with Gasteiger partial charge in [-0.2, -0.15) is 0 Å². The van der Waals surface area contributed by atoms with Gasteiger partial charge in [-0.05, 0) is 37.1 Å². The van der Waals surface area contributed by atoms with Crippen LogP contribution in [0.15, 0.2) is 69.9 Å². The summed E-state index contributed by atoms with van der Waals surface area (Å²) >= 11 is 0. The number of para-hydroxylation sites is 1. The highest BCUT2D eigenvalue weighted by Crippen LogP contribution is 2.36. The Kier molecular flexibility index (Phi) is 4.31. The van der Waals surface area contributed by atoms with Gasteiger partial charge in [0.1, 0.15) is 23.1 Å². The van der Waals surface area contributed by atoms with Gasteiger partial charge in [-0.1, -0.05) is 24.3 Å². The first kappa shape index (κ1) is 18.5. The number of aromatic amines is 1. The number of H-pyrrole nitrogens is 1. The molecule has 0 aliphatic carbocycles. The second-order valence-electron chi connectivity index (χ2n) is 7.58. The lowest BCUT2D eigenvalue weighted by Crippen LogP contribution is -2.36.